The fraction of sp³-hybridized carbons (Fsp3) is 0.389. The zero-order valence-corrected chi connectivity index (χ0v) is 14.8. The quantitative estimate of drug-likeness (QED) is 0.870. The number of thiophene rings is 1. The van der Waals surface area contributed by atoms with Crippen LogP contribution in [0, 0.1) is 0 Å². The van der Waals surface area contributed by atoms with Crippen molar-refractivity contribution in [3.8, 4) is 0 Å². The molecular formula is C18H21NO2S2. The lowest BCUT2D eigenvalue weighted by molar-refractivity contribution is -0.121. The molecule has 0 fully saturated rings. The Labute approximate surface area is 145 Å². The molecule has 5 heteroatoms. The molecule has 2 unspecified atom stereocenters. The van der Waals surface area contributed by atoms with Crippen molar-refractivity contribution in [2.75, 3.05) is 12.4 Å². The maximum atomic E-state index is 12.7. The molecule has 1 aliphatic rings. The average Bonchev–Trinajstić information content (AvgIpc) is 3.08. The fourth-order valence-electron chi connectivity index (χ4n) is 2.83. The molecule has 1 aromatic heterocycles. The Bertz CT molecular complexity index is 666. The zero-order valence-electron chi connectivity index (χ0n) is 13.1. The number of thioether (sulfide) groups is 1. The Kier molecular flexibility index (Phi) is 5.41. The minimum atomic E-state index is -0.349. The fourth-order valence-corrected chi connectivity index (χ4v) is 5.13. The summed E-state index contributed by atoms with van der Waals surface area (Å²) < 4.78 is 0. The highest BCUT2D eigenvalue weighted by Crippen LogP contribution is 2.39. The van der Waals surface area contributed by atoms with Crippen molar-refractivity contribution in [1.29, 1.82) is 0 Å². The standard InChI is InChI=1S/C18H21NO2S2/c1-2-12-3-5-13(6-4-12)15(11-20)19-18(21)17-14-7-9-22-16(14)8-10-23-17/h3-7,9,15,17,20H,2,8,10-11H2,1H3,(H,19,21). The highest BCUT2D eigenvalue weighted by molar-refractivity contribution is 8.00. The first kappa shape index (κ1) is 16.6. The largest absolute Gasteiger partial charge is 0.394 e. The predicted octanol–water partition coefficient (Wildman–Crippen LogP) is 3.49. The summed E-state index contributed by atoms with van der Waals surface area (Å²) in [5, 5.41) is 14.6. The molecule has 1 amide bonds. The summed E-state index contributed by atoms with van der Waals surface area (Å²) in [6.45, 7) is 2.02. The summed E-state index contributed by atoms with van der Waals surface area (Å²) in [4.78, 5) is 14.0. The van der Waals surface area contributed by atoms with Gasteiger partial charge in [0.05, 0.1) is 12.6 Å². The van der Waals surface area contributed by atoms with Gasteiger partial charge in [0.15, 0.2) is 0 Å². The maximum Gasteiger partial charge on any atom is 0.238 e. The van der Waals surface area contributed by atoms with Gasteiger partial charge in [-0.2, -0.15) is 0 Å². The van der Waals surface area contributed by atoms with Crippen molar-refractivity contribution in [3.05, 3.63) is 57.3 Å². The van der Waals surface area contributed by atoms with E-state index in [1.165, 1.54) is 10.4 Å². The number of fused-ring (bicyclic) bond motifs is 1. The molecule has 0 radical (unpaired) electrons. The van der Waals surface area contributed by atoms with Crippen molar-refractivity contribution in [1.82, 2.24) is 5.32 Å². The van der Waals surface area contributed by atoms with Gasteiger partial charge in [0, 0.05) is 4.88 Å². The van der Waals surface area contributed by atoms with Gasteiger partial charge < -0.3 is 10.4 Å². The van der Waals surface area contributed by atoms with E-state index in [0.29, 0.717) is 0 Å². The summed E-state index contributed by atoms with van der Waals surface area (Å²) in [6.07, 6.45) is 2.03. The number of rotatable bonds is 5. The highest BCUT2D eigenvalue weighted by Gasteiger charge is 2.29. The van der Waals surface area contributed by atoms with Crippen molar-refractivity contribution < 1.29 is 9.90 Å². The van der Waals surface area contributed by atoms with E-state index in [9.17, 15) is 9.90 Å². The smallest absolute Gasteiger partial charge is 0.238 e. The molecule has 1 aromatic carbocycles. The normalized spacial score (nSPS) is 18.3. The topological polar surface area (TPSA) is 49.3 Å². The Balaban J connectivity index is 1.73. The van der Waals surface area contributed by atoms with Crippen molar-refractivity contribution >= 4 is 29.0 Å². The molecule has 2 atom stereocenters. The summed E-state index contributed by atoms with van der Waals surface area (Å²) in [6, 6.07) is 9.79. The maximum absolute atomic E-state index is 12.7. The third-order valence-electron chi connectivity index (χ3n) is 4.20. The molecule has 1 aliphatic heterocycles. The average molecular weight is 348 g/mol. The summed E-state index contributed by atoms with van der Waals surface area (Å²) in [5.74, 6) is 0.966. The minimum Gasteiger partial charge on any atom is -0.394 e. The van der Waals surface area contributed by atoms with Crippen LogP contribution in [0.25, 0.3) is 0 Å². The predicted molar refractivity (Wildman–Crippen MR) is 97.0 cm³/mol. The van der Waals surface area contributed by atoms with Gasteiger partial charge in [-0.25, -0.2) is 0 Å². The van der Waals surface area contributed by atoms with Crippen LogP contribution < -0.4 is 5.32 Å². The number of amides is 1. The van der Waals surface area contributed by atoms with Gasteiger partial charge >= 0.3 is 0 Å². The summed E-state index contributed by atoms with van der Waals surface area (Å²) in [7, 11) is 0. The van der Waals surface area contributed by atoms with E-state index < -0.39 is 0 Å². The number of benzene rings is 1. The van der Waals surface area contributed by atoms with Crippen LogP contribution in [-0.4, -0.2) is 23.4 Å². The number of aliphatic hydroxyl groups excluding tert-OH is 1. The van der Waals surface area contributed by atoms with E-state index in [1.54, 1.807) is 23.1 Å². The molecule has 0 aliphatic carbocycles. The molecule has 23 heavy (non-hydrogen) atoms. The molecule has 0 bridgehead atoms. The molecule has 2 N–H and O–H groups in total. The molecule has 2 aromatic rings. The molecular weight excluding hydrogens is 326 g/mol. The third kappa shape index (κ3) is 3.62. The SMILES string of the molecule is CCc1ccc(C(CO)NC(=O)C2SCCc3sccc32)cc1. The van der Waals surface area contributed by atoms with Gasteiger partial charge in [-0.1, -0.05) is 31.2 Å². The first-order valence-electron chi connectivity index (χ1n) is 7.91. The zero-order chi connectivity index (χ0) is 16.2. The van der Waals surface area contributed by atoms with Gasteiger partial charge in [-0.05, 0) is 46.7 Å². The van der Waals surface area contributed by atoms with E-state index in [4.69, 9.17) is 0 Å². The lowest BCUT2D eigenvalue weighted by Crippen LogP contribution is -2.34. The van der Waals surface area contributed by atoms with Crippen LogP contribution in [0.15, 0.2) is 35.7 Å². The van der Waals surface area contributed by atoms with Crippen molar-refractivity contribution in [2.24, 2.45) is 0 Å². The lowest BCUT2D eigenvalue weighted by atomic mass is 10.0. The van der Waals surface area contributed by atoms with Crippen LogP contribution in [0.4, 0.5) is 0 Å². The Morgan fingerprint density at radius 2 is 2.13 bits per heavy atom. The van der Waals surface area contributed by atoms with Gasteiger partial charge in [-0.3, -0.25) is 4.79 Å². The number of nitrogens with one attached hydrogen (secondary N) is 1. The van der Waals surface area contributed by atoms with Gasteiger partial charge in [0.1, 0.15) is 5.25 Å². The van der Waals surface area contributed by atoms with Crippen molar-refractivity contribution in [2.45, 2.75) is 31.1 Å². The van der Waals surface area contributed by atoms with Gasteiger partial charge in [0.25, 0.3) is 0 Å². The second-order valence-electron chi connectivity index (χ2n) is 5.64. The molecule has 2 heterocycles. The van der Waals surface area contributed by atoms with Gasteiger partial charge in [-0.15, -0.1) is 23.1 Å². The number of hydrogen-bond acceptors (Lipinski definition) is 4. The minimum absolute atomic E-state index is 0.00651. The van der Waals surface area contributed by atoms with Crippen LogP contribution in [0.2, 0.25) is 0 Å². The monoisotopic (exact) mass is 347 g/mol. The van der Waals surface area contributed by atoms with Crippen molar-refractivity contribution in [3.63, 3.8) is 0 Å². The number of carbonyl (C=O) groups excluding carboxylic acids is 1. The first-order valence-corrected chi connectivity index (χ1v) is 9.83. The van der Waals surface area contributed by atoms with Crippen LogP contribution in [0.3, 0.4) is 0 Å². The number of aliphatic hydroxyl groups is 1. The van der Waals surface area contributed by atoms with Gasteiger partial charge in [0.2, 0.25) is 5.91 Å². The third-order valence-corrected chi connectivity index (χ3v) is 6.44. The van der Waals surface area contributed by atoms with E-state index in [0.717, 1.165) is 29.7 Å². The summed E-state index contributed by atoms with van der Waals surface area (Å²) >= 11 is 3.41. The van der Waals surface area contributed by atoms with Crippen LogP contribution in [0.5, 0.6) is 0 Å². The lowest BCUT2D eigenvalue weighted by Gasteiger charge is -2.24. The first-order chi connectivity index (χ1) is 11.2. The van der Waals surface area contributed by atoms with Crippen LogP contribution in [0.1, 0.15) is 39.8 Å². The molecule has 0 spiro atoms. The molecule has 0 saturated heterocycles. The van der Waals surface area contributed by atoms with E-state index in [-0.39, 0.29) is 23.8 Å². The Morgan fingerprint density at radius 3 is 2.83 bits per heavy atom. The van der Waals surface area contributed by atoms with E-state index in [1.807, 2.05) is 12.1 Å². The van der Waals surface area contributed by atoms with Crippen LogP contribution >= 0.6 is 23.1 Å². The second-order valence-corrected chi connectivity index (χ2v) is 7.85. The second kappa shape index (κ2) is 7.51. The molecule has 3 rings (SSSR count). The number of carbonyl (C=O) groups is 1. The van der Waals surface area contributed by atoms with E-state index >= 15 is 0 Å². The Hall–Kier alpha value is -1.30. The molecule has 3 nitrogen and oxygen atoms in total. The van der Waals surface area contributed by atoms with Crippen LogP contribution in [-0.2, 0) is 17.6 Å². The highest BCUT2D eigenvalue weighted by atomic mass is 32.2. The summed E-state index contributed by atoms with van der Waals surface area (Å²) in [5.41, 5.74) is 3.34. The Morgan fingerprint density at radius 1 is 1.35 bits per heavy atom. The molecule has 122 valence electrons. The molecule has 0 saturated carbocycles. The number of aryl methyl sites for hydroxylation is 2. The van der Waals surface area contributed by atoms with E-state index in [2.05, 4.69) is 35.8 Å². The number of hydrogen-bond donors (Lipinski definition) is 2.